The van der Waals surface area contributed by atoms with Crippen LogP contribution in [0, 0.1) is 5.92 Å². The first-order chi connectivity index (χ1) is 5.20. The number of hydrogen-bond acceptors (Lipinski definition) is 2. The molecule has 66 valence electrons. The fourth-order valence-electron chi connectivity index (χ4n) is 0.793. The van der Waals surface area contributed by atoms with Crippen molar-refractivity contribution < 1.29 is 0 Å². The number of thioether (sulfide) groups is 1. The third-order valence-electron chi connectivity index (χ3n) is 1.53. The van der Waals surface area contributed by atoms with Gasteiger partial charge in [-0.05, 0) is 11.7 Å². The first-order valence-electron chi connectivity index (χ1n) is 4.24. The fourth-order valence-corrected chi connectivity index (χ4v) is 1.75. The molecule has 1 unspecified atom stereocenters. The summed E-state index contributed by atoms with van der Waals surface area (Å²) >= 11 is 2.01. The van der Waals surface area contributed by atoms with E-state index in [9.17, 15) is 0 Å². The van der Waals surface area contributed by atoms with Crippen LogP contribution in [0.3, 0.4) is 0 Å². The van der Waals surface area contributed by atoms with Gasteiger partial charge in [-0.15, -0.1) is 0 Å². The highest BCUT2D eigenvalue weighted by molar-refractivity contribution is 7.99. The van der Waals surface area contributed by atoms with Crippen molar-refractivity contribution in [3.63, 3.8) is 0 Å². The Bertz CT molecular complexity index is 110. The molecule has 11 heavy (non-hydrogen) atoms. The Morgan fingerprint density at radius 1 is 1.45 bits per heavy atom. The maximum absolute atomic E-state index is 4.05. The summed E-state index contributed by atoms with van der Waals surface area (Å²) in [4.78, 5) is 4.05. The summed E-state index contributed by atoms with van der Waals surface area (Å²) < 4.78 is 0. The van der Waals surface area contributed by atoms with E-state index >= 15 is 0 Å². The molecule has 0 N–H and O–H groups in total. The number of rotatable bonds is 5. The molecule has 0 aliphatic heterocycles. The highest BCUT2D eigenvalue weighted by atomic mass is 32.2. The molecule has 0 bridgehead atoms. The minimum Gasteiger partial charge on any atom is -0.301 e. The highest BCUT2D eigenvalue weighted by Crippen LogP contribution is 2.15. The Hall–Kier alpha value is 0.0200. The number of hydrogen-bond donors (Lipinski definition) is 0. The molecule has 0 amide bonds. The van der Waals surface area contributed by atoms with Gasteiger partial charge in [0.1, 0.15) is 0 Å². The third kappa shape index (κ3) is 6.42. The summed E-state index contributed by atoms with van der Waals surface area (Å²) in [7, 11) is 1.85. The fraction of sp³-hybridized carbons (Fsp3) is 0.889. The van der Waals surface area contributed by atoms with Crippen molar-refractivity contribution in [3.05, 3.63) is 0 Å². The third-order valence-corrected chi connectivity index (χ3v) is 2.82. The molecule has 0 heterocycles. The maximum atomic E-state index is 4.05. The van der Waals surface area contributed by atoms with Crippen molar-refractivity contribution in [1.29, 1.82) is 0 Å². The Morgan fingerprint density at radius 2 is 2.09 bits per heavy atom. The summed E-state index contributed by atoms with van der Waals surface area (Å²) in [6.45, 7) is 6.69. The second-order valence-corrected chi connectivity index (χ2v) is 4.57. The predicted octanol–water partition coefficient (Wildman–Crippen LogP) is 2.85. The van der Waals surface area contributed by atoms with Crippen molar-refractivity contribution in [2.45, 2.75) is 32.4 Å². The van der Waals surface area contributed by atoms with E-state index in [4.69, 9.17) is 0 Å². The lowest BCUT2D eigenvalue weighted by atomic mass is 10.1. The van der Waals surface area contributed by atoms with Gasteiger partial charge in [-0.25, -0.2) is 0 Å². The van der Waals surface area contributed by atoms with E-state index in [2.05, 4.69) is 32.0 Å². The molecule has 0 aliphatic carbocycles. The molecule has 0 spiro atoms. The molecule has 1 atom stereocenters. The molecule has 0 rings (SSSR count). The number of nitrogens with zero attached hydrogens (tertiary/aromatic N) is 1. The Balaban J connectivity index is 3.52. The van der Waals surface area contributed by atoms with Crippen LogP contribution in [-0.2, 0) is 0 Å². The molecule has 0 saturated heterocycles. The van der Waals surface area contributed by atoms with Gasteiger partial charge >= 0.3 is 0 Å². The molecular weight excluding hydrogens is 154 g/mol. The second-order valence-electron chi connectivity index (χ2n) is 2.96. The zero-order valence-corrected chi connectivity index (χ0v) is 8.82. The van der Waals surface area contributed by atoms with Gasteiger partial charge in [-0.3, -0.25) is 0 Å². The van der Waals surface area contributed by atoms with E-state index in [-0.39, 0.29) is 0 Å². The van der Waals surface area contributed by atoms with E-state index in [1.165, 1.54) is 12.2 Å². The Kier molecular flexibility index (Phi) is 6.73. The van der Waals surface area contributed by atoms with Gasteiger partial charge < -0.3 is 4.99 Å². The maximum Gasteiger partial charge on any atom is 0.0273 e. The smallest absolute Gasteiger partial charge is 0.0273 e. The molecule has 0 radical (unpaired) electrons. The van der Waals surface area contributed by atoms with E-state index in [0.717, 1.165) is 5.25 Å². The van der Waals surface area contributed by atoms with E-state index < -0.39 is 0 Å². The van der Waals surface area contributed by atoms with E-state index in [1.807, 2.05) is 18.8 Å². The summed E-state index contributed by atoms with van der Waals surface area (Å²) in [5.41, 5.74) is 0. The zero-order chi connectivity index (χ0) is 8.69. The van der Waals surface area contributed by atoms with Crippen molar-refractivity contribution in [3.8, 4) is 0 Å². The van der Waals surface area contributed by atoms with Crippen molar-refractivity contribution in [2.75, 3.05) is 12.8 Å². The van der Waals surface area contributed by atoms with Crippen molar-refractivity contribution >= 4 is 18.0 Å². The van der Waals surface area contributed by atoms with Crippen LogP contribution in [0.5, 0.6) is 0 Å². The normalized spacial score (nSPS) is 14.6. The van der Waals surface area contributed by atoms with Crippen LogP contribution in [-0.4, -0.2) is 24.3 Å². The number of aliphatic imine (C=N–C) groups is 1. The van der Waals surface area contributed by atoms with Gasteiger partial charge in [0.2, 0.25) is 0 Å². The Morgan fingerprint density at radius 3 is 2.45 bits per heavy atom. The van der Waals surface area contributed by atoms with Gasteiger partial charge in [0.05, 0.1) is 0 Å². The molecule has 2 heteroatoms. The van der Waals surface area contributed by atoms with E-state index in [0.29, 0.717) is 5.92 Å². The van der Waals surface area contributed by atoms with Crippen LogP contribution >= 0.6 is 11.8 Å². The van der Waals surface area contributed by atoms with Crippen molar-refractivity contribution in [2.24, 2.45) is 10.9 Å². The SMILES string of the molecule is CCC(/C=N/C)CSC(C)C. The molecule has 0 aliphatic rings. The lowest BCUT2D eigenvalue weighted by molar-refractivity contribution is 0.763. The minimum atomic E-state index is 0.674. The van der Waals surface area contributed by atoms with Gasteiger partial charge in [-0.2, -0.15) is 11.8 Å². The van der Waals surface area contributed by atoms with Crippen LogP contribution < -0.4 is 0 Å². The summed E-state index contributed by atoms with van der Waals surface area (Å²) in [6, 6.07) is 0. The van der Waals surface area contributed by atoms with Crippen LogP contribution in [0.2, 0.25) is 0 Å². The van der Waals surface area contributed by atoms with Gasteiger partial charge in [-0.1, -0.05) is 20.8 Å². The van der Waals surface area contributed by atoms with Crippen molar-refractivity contribution in [1.82, 2.24) is 0 Å². The van der Waals surface area contributed by atoms with E-state index in [1.54, 1.807) is 0 Å². The van der Waals surface area contributed by atoms with Crippen LogP contribution in [0.4, 0.5) is 0 Å². The second kappa shape index (κ2) is 6.71. The monoisotopic (exact) mass is 173 g/mol. The molecule has 0 aromatic heterocycles. The average Bonchev–Trinajstić information content (AvgIpc) is 1.97. The summed E-state index contributed by atoms with van der Waals surface area (Å²) in [5, 5.41) is 0.745. The quantitative estimate of drug-likeness (QED) is 0.582. The van der Waals surface area contributed by atoms with Gasteiger partial charge in [0.25, 0.3) is 0 Å². The standard InChI is InChI=1S/C9H19NS/c1-5-9(6-10-4)7-11-8(2)3/h6,8-9H,5,7H2,1-4H3/b10-6+. The first-order valence-corrected chi connectivity index (χ1v) is 5.29. The molecule has 0 aromatic rings. The average molecular weight is 173 g/mol. The predicted molar refractivity (Wildman–Crippen MR) is 55.8 cm³/mol. The van der Waals surface area contributed by atoms with Crippen LogP contribution in [0.15, 0.2) is 4.99 Å². The zero-order valence-electron chi connectivity index (χ0n) is 8.00. The molecule has 1 nitrogen and oxygen atoms in total. The minimum absolute atomic E-state index is 0.674. The summed E-state index contributed by atoms with van der Waals surface area (Å²) in [5.74, 6) is 1.89. The largest absolute Gasteiger partial charge is 0.301 e. The Labute approximate surface area is 74.7 Å². The topological polar surface area (TPSA) is 12.4 Å². The summed E-state index contributed by atoms with van der Waals surface area (Å²) in [6.07, 6.45) is 3.27. The molecule has 0 fully saturated rings. The van der Waals surface area contributed by atoms with Crippen LogP contribution in [0.25, 0.3) is 0 Å². The van der Waals surface area contributed by atoms with Gasteiger partial charge in [0.15, 0.2) is 0 Å². The lowest BCUT2D eigenvalue weighted by Gasteiger charge is -2.10. The lowest BCUT2D eigenvalue weighted by Crippen LogP contribution is -2.05. The van der Waals surface area contributed by atoms with Crippen LogP contribution in [0.1, 0.15) is 27.2 Å². The first kappa shape index (κ1) is 11.0. The molecule has 0 aromatic carbocycles. The highest BCUT2D eigenvalue weighted by Gasteiger charge is 2.03. The molecule has 0 saturated carbocycles. The van der Waals surface area contributed by atoms with Gasteiger partial charge in [0, 0.05) is 24.9 Å². The molecular formula is C9H19NS.